The van der Waals surface area contributed by atoms with E-state index in [9.17, 15) is 4.39 Å². The third kappa shape index (κ3) is 1.08. The molecule has 0 aliphatic rings. The quantitative estimate of drug-likeness (QED) is 0.691. The summed E-state index contributed by atoms with van der Waals surface area (Å²) < 4.78 is 13.8. The van der Waals surface area contributed by atoms with Gasteiger partial charge in [-0.25, -0.2) is 9.37 Å². The molecule has 0 unspecified atom stereocenters. The van der Waals surface area contributed by atoms with Gasteiger partial charge in [-0.05, 0) is 28.1 Å². The Morgan fingerprint density at radius 1 is 1.08 bits per heavy atom. The van der Waals surface area contributed by atoms with Gasteiger partial charge in [-0.2, -0.15) is 0 Å². The van der Waals surface area contributed by atoms with Crippen molar-refractivity contribution in [3.8, 4) is 0 Å². The fourth-order valence-electron chi connectivity index (χ4n) is 0.992. The molecule has 2 nitrogen and oxygen atoms in total. The minimum Gasteiger partial charge on any atom is -0.252 e. The second-order valence-electron chi connectivity index (χ2n) is 2.28. The third-order valence-electron chi connectivity index (χ3n) is 1.53. The van der Waals surface area contributed by atoms with E-state index in [1.165, 1.54) is 18.5 Å². The van der Waals surface area contributed by atoms with E-state index < -0.39 is 0 Å². The van der Waals surface area contributed by atoms with Crippen LogP contribution in [0.4, 0.5) is 4.39 Å². The van der Waals surface area contributed by atoms with Crippen molar-refractivity contribution in [2.75, 3.05) is 0 Å². The van der Waals surface area contributed by atoms with E-state index in [0.29, 0.717) is 11.0 Å². The first kappa shape index (κ1) is 7.61. The lowest BCUT2D eigenvalue weighted by atomic mass is 10.3. The van der Waals surface area contributed by atoms with Gasteiger partial charge in [0.2, 0.25) is 0 Å². The van der Waals surface area contributed by atoms with Gasteiger partial charge in [0, 0.05) is 16.9 Å². The Labute approximate surface area is 76.6 Å². The molecule has 0 atom stereocenters. The first-order chi connectivity index (χ1) is 5.79. The number of hydrogen-bond donors (Lipinski definition) is 0. The van der Waals surface area contributed by atoms with Crippen LogP contribution in [0.3, 0.4) is 0 Å². The van der Waals surface area contributed by atoms with Crippen molar-refractivity contribution in [1.29, 1.82) is 0 Å². The van der Waals surface area contributed by atoms with Gasteiger partial charge >= 0.3 is 0 Å². The normalized spacial score (nSPS) is 10.5. The summed E-state index contributed by atoms with van der Waals surface area (Å²) in [4.78, 5) is 7.87. The van der Waals surface area contributed by atoms with Crippen LogP contribution in [-0.4, -0.2) is 9.97 Å². The molecular formula is C8H4BrFN2. The summed E-state index contributed by atoms with van der Waals surface area (Å²) in [6.45, 7) is 0. The Morgan fingerprint density at radius 3 is 2.42 bits per heavy atom. The summed E-state index contributed by atoms with van der Waals surface area (Å²) in [5.74, 6) is -0.346. The molecule has 2 aromatic rings. The summed E-state index contributed by atoms with van der Waals surface area (Å²) in [7, 11) is 0. The van der Waals surface area contributed by atoms with Gasteiger partial charge in [-0.3, -0.25) is 4.98 Å². The number of rotatable bonds is 0. The fraction of sp³-hybridized carbons (Fsp3) is 0. The second-order valence-corrected chi connectivity index (χ2v) is 3.14. The number of benzene rings is 1. The predicted octanol–water partition coefficient (Wildman–Crippen LogP) is 2.53. The van der Waals surface area contributed by atoms with Crippen molar-refractivity contribution in [1.82, 2.24) is 9.97 Å². The van der Waals surface area contributed by atoms with Crippen molar-refractivity contribution in [3.05, 3.63) is 34.8 Å². The average Bonchev–Trinajstić information content (AvgIpc) is 2.12. The van der Waals surface area contributed by atoms with E-state index in [4.69, 9.17) is 0 Å². The van der Waals surface area contributed by atoms with Gasteiger partial charge in [-0.15, -0.1) is 0 Å². The molecule has 1 aromatic carbocycles. The highest BCUT2D eigenvalue weighted by Gasteiger charge is 2.04. The highest BCUT2D eigenvalue weighted by atomic mass is 79.9. The first-order valence-corrected chi connectivity index (χ1v) is 4.13. The molecular weight excluding hydrogens is 223 g/mol. The maximum atomic E-state index is 13.0. The molecule has 0 amide bonds. The van der Waals surface area contributed by atoms with E-state index in [2.05, 4.69) is 25.9 Å². The van der Waals surface area contributed by atoms with E-state index in [0.717, 1.165) is 4.47 Å². The number of nitrogens with zero attached hydrogens (tertiary/aromatic N) is 2. The van der Waals surface area contributed by atoms with Crippen molar-refractivity contribution in [2.45, 2.75) is 0 Å². The minimum atomic E-state index is -0.346. The highest BCUT2D eigenvalue weighted by Crippen LogP contribution is 2.21. The second kappa shape index (κ2) is 2.79. The molecule has 2 rings (SSSR count). The zero-order valence-electron chi connectivity index (χ0n) is 5.96. The van der Waals surface area contributed by atoms with Crippen LogP contribution < -0.4 is 0 Å². The van der Waals surface area contributed by atoms with Crippen LogP contribution in [0, 0.1) is 5.82 Å². The molecule has 0 spiro atoms. The Bertz CT molecular complexity index is 390. The van der Waals surface area contributed by atoms with Gasteiger partial charge in [-0.1, -0.05) is 0 Å². The van der Waals surface area contributed by atoms with Crippen molar-refractivity contribution >= 4 is 27.0 Å². The molecule has 0 aliphatic heterocycles. The molecule has 0 radical (unpaired) electrons. The minimum absolute atomic E-state index is 0.298. The van der Waals surface area contributed by atoms with Crippen molar-refractivity contribution < 1.29 is 4.39 Å². The van der Waals surface area contributed by atoms with E-state index in [-0.39, 0.29) is 5.82 Å². The van der Waals surface area contributed by atoms with Gasteiger partial charge in [0.15, 0.2) is 5.82 Å². The summed E-state index contributed by atoms with van der Waals surface area (Å²) >= 11 is 3.26. The molecule has 1 aromatic heterocycles. The molecule has 0 saturated carbocycles. The Kier molecular flexibility index (Phi) is 1.77. The monoisotopic (exact) mass is 226 g/mol. The zero-order chi connectivity index (χ0) is 8.55. The van der Waals surface area contributed by atoms with Gasteiger partial charge < -0.3 is 0 Å². The molecule has 12 heavy (non-hydrogen) atoms. The predicted molar refractivity (Wildman–Crippen MR) is 47.2 cm³/mol. The lowest BCUT2D eigenvalue weighted by Gasteiger charge is -1.98. The SMILES string of the molecule is Fc1ccc(Br)c2nccnc12. The van der Waals surface area contributed by atoms with E-state index >= 15 is 0 Å². The van der Waals surface area contributed by atoms with Crippen LogP contribution >= 0.6 is 15.9 Å². The lowest BCUT2D eigenvalue weighted by Crippen LogP contribution is -1.86. The fourth-order valence-corrected chi connectivity index (χ4v) is 1.41. The van der Waals surface area contributed by atoms with E-state index in [1.807, 2.05) is 0 Å². The van der Waals surface area contributed by atoms with Crippen LogP contribution in [0.5, 0.6) is 0 Å². The number of fused-ring (bicyclic) bond motifs is 1. The van der Waals surface area contributed by atoms with Gasteiger partial charge in [0.05, 0.1) is 0 Å². The zero-order valence-corrected chi connectivity index (χ0v) is 7.55. The summed E-state index contributed by atoms with van der Waals surface area (Å²) in [5.41, 5.74) is 0.851. The molecule has 60 valence electrons. The van der Waals surface area contributed by atoms with Crippen molar-refractivity contribution in [2.24, 2.45) is 0 Å². The summed E-state index contributed by atoms with van der Waals surface area (Å²) in [6, 6.07) is 2.98. The Hall–Kier alpha value is -1.03. The molecule has 0 N–H and O–H groups in total. The lowest BCUT2D eigenvalue weighted by molar-refractivity contribution is 0.636. The maximum absolute atomic E-state index is 13.0. The smallest absolute Gasteiger partial charge is 0.151 e. The van der Waals surface area contributed by atoms with Crippen molar-refractivity contribution in [3.63, 3.8) is 0 Å². The van der Waals surface area contributed by atoms with Crippen LogP contribution in [-0.2, 0) is 0 Å². The standard InChI is InChI=1S/C8H4BrFN2/c9-5-1-2-6(10)8-7(5)11-3-4-12-8/h1-4H. The summed E-state index contributed by atoms with van der Waals surface area (Å²) in [6.07, 6.45) is 3.00. The van der Waals surface area contributed by atoms with Crippen LogP contribution in [0.25, 0.3) is 11.0 Å². The third-order valence-corrected chi connectivity index (χ3v) is 2.17. The summed E-state index contributed by atoms with van der Waals surface area (Å²) in [5, 5.41) is 0. The molecule has 0 saturated heterocycles. The molecule has 4 heteroatoms. The van der Waals surface area contributed by atoms with Crippen LogP contribution in [0.2, 0.25) is 0 Å². The molecule has 1 heterocycles. The number of aromatic nitrogens is 2. The molecule has 0 fully saturated rings. The molecule has 0 aliphatic carbocycles. The first-order valence-electron chi connectivity index (χ1n) is 3.34. The van der Waals surface area contributed by atoms with Gasteiger partial charge in [0.1, 0.15) is 11.0 Å². The molecule has 0 bridgehead atoms. The maximum Gasteiger partial charge on any atom is 0.151 e. The number of hydrogen-bond acceptors (Lipinski definition) is 2. The average molecular weight is 227 g/mol. The Balaban J connectivity index is 2.95. The van der Waals surface area contributed by atoms with Gasteiger partial charge in [0.25, 0.3) is 0 Å². The number of halogens is 2. The Morgan fingerprint density at radius 2 is 1.75 bits per heavy atom. The van der Waals surface area contributed by atoms with Crippen LogP contribution in [0.15, 0.2) is 29.0 Å². The largest absolute Gasteiger partial charge is 0.252 e. The van der Waals surface area contributed by atoms with Crippen LogP contribution in [0.1, 0.15) is 0 Å². The van der Waals surface area contributed by atoms with E-state index in [1.54, 1.807) is 6.07 Å². The highest BCUT2D eigenvalue weighted by molar-refractivity contribution is 9.10. The topological polar surface area (TPSA) is 25.8 Å².